The number of hydrogen-bond acceptors (Lipinski definition) is 3. The van der Waals surface area contributed by atoms with E-state index in [9.17, 15) is 0 Å². The van der Waals surface area contributed by atoms with Gasteiger partial charge >= 0.3 is 0 Å². The molecule has 1 aliphatic carbocycles. The van der Waals surface area contributed by atoms with Crippen LogP contribution in [-0.4, -0.2) is 16.1 Å². The van der Waals surface area contributed by atoms with Gasteiger partial charge in [0.05, 0.1) is 0 Å². The second kappa shape index (κ2) is 6.14. The van der Waals surface area contributed by atoms with Crippen molar-refractivity contribution < 1.29 is 4.74 Å². The highest BCUT2D eigenvalue weighted by molar-refractivity contribution is 7.80. The Bertz CT molecular complexity index is 422. The Morgan fingerprint density at radius 2 is 2.39 bits per heavy atom. The Morgan fingerprint density at radius 3 is 3.11 bits per heavy atom. The fraction of sp³-hybridized carbons (Fsp3) is 0.571. The fourth-order valence-electron chi connectivity index (χ4n) is 2.52. The Balaban J connectivity index is 2.00. The number of nitrogens with two attached hydrogens (primary N) is 1. The van der Waals surface area contributed by atoms with Gasteiger partial charge in [-0.3, -0.25) is 0 Å². The summed E-state index contributed by atoms with van der Waals surface area (Å²) in [4.78, 5) is 4.62. The number of hydrogen-bond donors (Lipinski definition) is 1. The summed E-state index contributed by atoms with van der Waals surface area (Å²) in [5.74, 6) is 1.43. The van der Waals surface area contributed by atoms with Crippen molar-refractivity contribution in [3.05, 3.63) is 23.9 Å². The Morgan fingerprint density at radius 1 is 1.56 bits per heavy atom. The summed E-state index contributed by atoms with van der Waals surface area (Å²) in [6, 6.07) is 3.64. The van der Waals surface area contributed by atoms with E-state index >= 15 is 0 Å². The van der Waals surface area contributed by atoms with Crippen LogP contribution in [0.5, 0.6) is 5.88 Å². The zero-order valence-corrected chi connectivity index (χ0v) is 11.6. The molecule has 1 aliphatic rings. The SMILES string of the molecule is CCC1CCCC(Oc2cc(C(N)=S)ccn2)C1. The summed E-state index contributed by atoms with van der Waals surface area (Å²) in [5.41, 5.74) is 6.42. The minimum absolute atomic E-state index is 0.290. The van der Waals surface area contributed by atoms with Crippen LogP contribution >= 0.6 is 12.2 Å². The third kappa shape index (κ3) is 3.42. The largest absolute Gasteiger partial charge is 0.474 e. The molecular formula is C14H20N2OS. The lowest BCUT2D eigenvalue weighted by Crippen LogP contribution is -2.25. The third-order valence-corrected chi connectivity index (χ3v) is 3.85. The maximum atomic E-state index is 5.95. The van der Waals surface area contributed by atoms with Crippen LogP contribution in [0.25, 0.3) is 0 Å². The molecule has 0 aliphatic heterocycles. The second-order valence-electron chi connectivity index (χ2n) is 4.93. The molecule has 0 aromatic carbocycles. The van der Waals surface area contributed by atoms with E-state index in [0.29, 0.717) is 10.9 Å². The van der Waals surface area contributed by atoms with Gasteiger partial charge in [0.15, 0.2) is 0 Å². The molecule has 98 valence electrons. The first-order valence-corrected chi connectivity index (χ1v) is 7.02. The molecule has 2 rings (SSSR count). The molecule has 0 radical (unpaired) electrons. The van der Waals surface area contributed by atoms with Crippen molar-refractivity contribution in [2.45, 2.75) is 45.1 Å². The highest BCUT2D eigenvalue weighted by Gasteiger charge is 2.22. The van der Waals surface area contributed by atoms with Crippen molar-refractivity contribution in [1.82, 2.24) is 4.98 Å². The predicted octanol–water partition coefficient (Wildman–Crippen LogP) is 3.06. The van der Waals surface area contributed by atoms with Gasteiger partial charge in [-0.05, 0) is 31.2 Å². The molecule has 1 aromatic rings. The van der Waals surface area contributed by atoms with Crippen molar-refractivity contribution >= 4 is 17.2 Å². The van der Waals surface area contributed by atoms with E-state index in [1.807, 2.05) is 12.1 Å². The molecule has 3 nitrogen and oxygen atoms in total. The van der Waals surface area contributed by atoms with E-state index < -0.39 is 0 Å². The molecule has 18 heavy (non-hydrogen) atoms. The van der Waals surface area contributed by atoms with Gasteiger partial charge in [-0.1, -0.05) is 32.0 Å². The molecule has 1 fully saturated rings. The van der Waals surface area contributed by atoms with Gasteiger partial charge in [-0.25, -0.2) is 4.98 Å². The highest BCUT2D eigenvalue weighted by atomic mass is 32.1. The fourth-order valence-corrected chi connectivity index (χ4v) is 2.64. The van der Waals surface area contributed by atoms with Gasteiger partial charge in [-0.2, -0.15) is 0 Å². The standard InChI is InChI=1S/C14H20N2OS/c1-2-10-4-3-5-12(8-10)17-13-9-11(14(15)18)6-7-16-13/h6-7,9-10,12H,2-5,8H2,1H3,(H2,15,18). The summed E-state index contributed by atoms with van der Waals surface area (Å²) in [7, 11) is 0. The Hall–Kier alpha value is -1.16. The number of pyridine rings is 1. The van der Waals surface area contributed by atoms with E-state index in [0.717, 1.165) is 24.3 Å². The van der Waals surface area contributed by atoms with Crippen molar-refractivity contribution in [1.29, 1.82) is 0 Å². The molecule has 0 bridgehead atoms. The van der Waals surface area contributed by atoms with E-state index in [4.69, 9.17) is 22.7 Å². The summed E-state index contributed by atoms with van der Waals surface area (Å²) >= 11 is 4.96. The van der Waals surface area contributed by atoms with Crippen LogP contribution in [0, 0.1) is 5.92 Å². The van der Waals surface area contributed by atoms with E-state index in [2.05, 4.69) is 11.9 Å². The van der Waals surface area contributed by atoms with Crippen LogP contribution in [0.4, 0.5) is 0 Å². The smallest absolute Gasteiger partial charge is 0.214 e. The molecule has 2 unspecified atom stereocenters. The molecule has 0 spiro atoms. The first kappa shape index (κ1) is 13.3. The first-order chi connectivity index (χ1) is 8.69. The molecular weight excluding hydrogens is 244 g/mol. The van der Waals surface area contributed by atoms with Gasteiger partial charge in [0.1, 0.15) is 11.1 Å². The number of nitrogens with zero attached hydrogens (tertiary/aromatic N) is 1. The molecule has 2 atom stereocenters. The summed E-state index contributed by atoms with van der Waals surface area (Å²) < 4.78 is 5.95. The van der Waals surface area contributed by atoms with Crippen molar-refractivity contribution in [3.63, 3.8) is 0 Å². The first-order valence-electron chi connectivity index (χ1n) is 6.61. The van der Waals surface area contributed by atoms with Crippen LogP contribution in [-0.2, 0) is 0 Å². The number of rotatable bonds is 4. The van der Waals surface area contributed by atoms with Gasteiger partial charge in [0.25, 0.3) is 0 Å². The zero-order valence-electron chi connectivity index (χ0n) is 10.8. The average Bonchev–Trinajstić information content (AvgIpc) is 2.39. The van der Waals surface area contributed by atoms with Crippen LogP contribution < -0.4 is 10.5 Å². The predicted molar refractivity (Wildman–Crippen MR) is 76.8 cm³/mol. The lowest BCUT2D eigenvalue weighted by atomic mass is 9.85. The average molecular weight is 264 g/mol. The summed E-state index contributed by atoms with van der Waals surface area (Å²) in [6.07, 6.45) is 8.06. The molecule has 4 heteroatoms. The van der Waals surface area contributed by atoms with Gasteiger partial charge in [0, 0.05) is 17.8 Å². The van der Waals surface area contributed by atoms with Crippen LogP contribution in [0.2, 0.25) is 0 Å². The molecule has 1 heterocycles. The monoisotopic (exact) mass is 264 g/mol. The second-order valence-corrected chi connectivity index (χ2v) is 5.37. The third-order valence-electron chi connectivity index (χ3n) is 3.62. The van der Waals surface area contributed by atoms with Crippen LogP contribution in [0.1, 0.15) is 44.6 Å². The lowest BCUT2D eigenvalue weighted by molar-refractivity contribution is 0.117. The lowest BCUT2D eigenvalue weighted by Gasteiger charge is -2.28. The van der Waals surface area contributed by atoms with Crippen molar-refractivity contribution in [3.8, 4) is 5.88 Å². The maximum Gasteiger partial charge on any atom is 0.214 e. The van der Waals surface area contributed by atoms with Crippen LogP contribution in [0.15, 0.2) is 18.3 Å². The van der Waals surface area contributed by atoms with E-state index in [-0.39, 0.29) is 6.10 Å². The van der Waals surface area contributed by atoms with Crippen molar-refractivity contribution in [2.75, 3.05) is 0 Å². The van der Waals surface area contributed by atoms with E-state index in [1.54, 1.807) is 6.20 Å². The van der Waals surface area contributed by atoms with Crippen LogP contribution in [0.3, 0.4) is 0 Å². The Labute approximate surface area is 114 Å². The highest BCUT2D eigenvalue weighted by Crippen LogP contribution is 2.29. The normalized spacial score (nSPS) is 23.6. The minimum Gasteiger partial charge on any atom is -0.474 e. The quantitative estimate of drug-likeness (QED) is 0.849. The van der Waals surface area contributed by atoms with Gasteiger partial charge < -0.3 is 10.5 Å². The summed E-state index contributed by atoms with van der Waals surface area (Å²) in [5, 5.41) is 0. The summed E-state index contributed by atoms with van der Waals surface area (Å²) in [6.45, 7) is 2.25. The molecule has 1 saturated carbocycles. The Kier molecular flexibility index (Phi) is 4.53. The number of ether oxygens (including phenoxy) is 1. The zero-order chi connectivity index (χ0) is 13.0. The molecule has 2 N–H and O–H groups in total. The van der Waals surface area contributed by atoms with Crippen molar-refractivity contribution in [2.24, 2.45) is 11.7 Å². The molecule has 1 aromatic heterocycles. The molecule has 0 saturated heterocycles. The number of aromatic nitrogens is 1. The number of thiocarbonyl (C=S) groups is 1. The van der Waals surface area contributed by atoms with E-state index in [1.165, 1.54) is 19.3 Å². The van der Waals surface area contributed by atoms with Gasteiger partial charge in [0.2, 0.25) is 5.88 Å². The minimum atomic E-state index is 0.290. The molecule has 0 amide bonds. The topological polar surface area (TPSA) is 48.1 Å². The van der Waals surface area contributed by atoms with Gasteiger partial charge in [-0.15, -0.1) is 0 Å². The maximum absolute atomic E-state index is 5.95.